The number of aliphatic carboxylic acids is 1. The van der Waals surface area contributed by atoms with E-state index in [0.717, 1.165) is 4.90 Å². The molecule has 80 valence electrons. The average Bonchev–Trinajstić information content (AvgIpc) is 2.25. The van der Waals surface area contributed by atoms with Gasteiger partial charge >= 0.3 is 11.9 Å². The second-order valence-electron chi connectivity index (χ2n) is 3.10. The highest BCUT2D eigenvalue weighted by Crippen LogP contribution is 2.05. The lowest BCUT2D eigenvalue weighted by molar-refractivity contribution is -0.155. The van der Waals surface area contributed by atoms with Crippen LogP contribution in [0.5, 0.6) is 0 Å². The van der Waals surface area contributed by atoms with Gasteiger partial charge in [0.1, 0.15) is 0 Å². The van der Waals surface area contributed by atoms with Crippen molar-refractivity contribution in [3.63, 3.8) is 0 Å². The molecule has 1 fully saturated rings. The molecule has 0 atom stereocenters. The van der Waals surface area contributed by atoms with Crippen LogP contribution in [0, 0.1) is 0 Å². The zero-order valence-electron chi connectivity index (χ0n) is 7.47. The Morgan fingerprint density at radius 3 is 2.36 bits per heavy atom. The number of hydrogen-bond acceptors (Lipinski definition) is 4. The van der Waals surface area contributed by atoms with Crippen LogP contribution in [0.15, 0.2) is 0 Å². The molecule has 0 aliphatic carbocycles. The summed E-state index contributed by atoms with van der Waals surface area (Å²) in [6.45, 7) is 0.178. The first kappa shape index (κ1) is 11.0. The predicted octanol–water partition coefficient (Wildman–Crippen LogP) is -1.28. The summed E-state index contributed by atoms with van der Waals surface area (Å²) in [4.78, 5) is 22.4. The summed E-state index contributed by atoms with van der Waals surface area (Å²) < 4.78 is 22.2. The van der Waals surface area contributed by atoms with Crippen LogP contribution in [0.25, 0.3) is 0 Å². The van der Waals surface area contributed by atoms with E-state index in [1.807, 2.05) is 0 Å². The third-order valence-corrected chi connectivity index (χ3v) is 3.74. The molecule has 0 bridgehead atoms. The highest BCUT2D eigenvalue weighted by molar-refractivity contribution is 7.91. The molecule has 14 heavy (non-hydrogen) atoms. The summed E-state index contributed by atoms with van der Waals surface area (Å²) in [5, 5.41) is 8.42. The Bertz CT molecular complexity index is 347. The molecule has 0 aromatic carbocycles. The molecule has 7 heteroatoms. The Balaban J connectivity index is 2.68. The Labute approximate surface area is 81.4 Å². The van der Waals surface area contributed by atoms with E-state index < -0.39 is 21.7 Å². The van der Waals surface area contributed by atoms with E-state index in [1.54, 1.807) is 0 Å². The predicted molar refractivity (Wildman–Crippen MR) is 47.5 cm³/mol. The molecule has 0 radical (unpaired) electrons. The van der Waals surface area contributed by atoms with Crippen molar-refractivity contribution in [3.05, 3.63) is 0 Å². The van der Waals surface area contributed by atoms with Gasteiger partial charge in [0.15, 0.2) is 9.84 Å². The third kappa shape index (κ3) is 2.69. The van der Waals surface area contributed by atoms with Gasteiger partial charge in [-0.05, 0) is 6.42 Å². The van der Waals surface area contributed by atoms with Gasteiger partial charge in [0.25, 0.3) is 0 Å². The Hall–Kier alpha value is -1.11. The van der Waals surface area contributed by atoms with Crippen LogP contribution in [0.1, 0.15) is 6.42 Å². The van der Waals surface area contributed by atoms with Crippen molar-refractivity contribution >= 4 is 21.7 Å². The Morgan fingerprint density at radius 2 is 1.79 bits per heavy atom. The summed E-state index contributed by atoms with van der Waals surface area (Å²) in [7, 11) is -3.10. The molecule has 1 aliphatic heterocycles. The van der Waals surface area contributed by atoms with E-state index in [2.05, 4.69) is 0 Å². The van der Waals surface area contributed by atoms with Crippen LogP contribution in [0.3, 0.4) is 0 Å². The van der Waals surface area contributed by atoms with Gasteiger partial charge in [-0.15, -0.1) is 0 Å². The molecular weight excluding hydrogens is 210 g/mol. The van der Waals surface area contributed by atoms with Gasteiger partial charge in [-0.1, -0.05) is 0 Å². The molecule has 1 N–H and O–H groups in total. The monoisotopic (exact) mass is 221 g/mol. The van der Waals surface area contributed by atoms with Crippen molar-refractivity contribution in [1.82, 2.24) is 4.90 Å². The topological polar surface area (TPSA) is 91.8 Å². The fraction of sp³-hybridized carbons (Fsp3) is 0.714. The van der Waals surface area contributed by atoms with Crippen LogP contribution in [-0.2, 0) is 19.4 Å². The van der Waals surface area contributed by atoms with Crippen molar-refractivity contribution < 1.29 is 23.1 Å². The fourth-order valence-corrected chi connectivity index (χ4v) is 2.55. The molecule has 1 saturated heterocycles. The van der Waals surface area contributed by atoms with Crippen LogP contribution in [0.4, 0.5) is 0 Å². The number of carbonyl (C=O) groups excluding carboxylic acids is 1. The van der Waals surface area contributed by atoms with Crippen molar-refractivity contribution in [2.45, 2.75) is 6.42 Å². The molecule has 0 saturated carbocycles. The Morgan fingerprint density at radius 1 is 1.14 bits per heavy atom. The number of amides is 1. The minimum Gasteiger partial charge on any atom is -0.474 e. The van der Waals surface area contributed by atoms with Gasteiger partial charge < -0.3 is 10.0 Å². The van der Waals surface area contributed by atoms with Gasteiger partial charge in [-0.2, -0.15) is 0 Å². The van der Waals surface area contributed by atoms with Crippen molar-refractivity contribution in [2.75, 3.05) is 24.6 Å². The molecule has 0 aromatic rings. The first-order valence-corrected chi connectivity index (χ1v) is 5.97. The quantitative estimate of drug-likeness (QED) is 0.514. The number of carboxylic acid groups (broad SMARTS) is 1. The zero-order chi connectivity index (χ0) is 10.8. The molecule has 0 spiro atoms. The van der Waals surface area contributed by atoms with Crippen molar-refractivity contribution in [1.29, 1.82) is 0 Å². The largest absolute Gasteiger partial charge is 0.474 e. The van der Waals surface area contributed by atoms with Gasteiger partial charge in [-0.25, -0.2) is 13.2 Å². The maximum atomic E-state index is 11.1. The minimum atomic E-state index is -3.10. The average molecular weight is 221 g/mol. The molecular formula is C7H11NO5S. The van der Waals surface area contributed by atoms with Crippen LogP contribution >= 0.6 is 0 Å². The summed E-state index contributed by atoms with van der Waals surface area (Å²) in [6, 6.07) is 0. The van der Waals surface area contributed by atoms with E-state index in [1.165, 1.54) is 0 Å². The lowest BCUT2D eigenvalue weighted by Gasteiger charge is -2.16. The summed E-state index contributed by atoms with van der Waals surface area (Å²) in [5.74, 6) is -2.69. The second-order valence-corrected chi connectivity index (χ2v) is 5.41. The van der Waals surface area contributed by atoms with E-state index in [0.29, 0.717) is 6.42 Å². The van der Waals surface area contributed by atoms with Gasteiger partial charge in [0.2, 0.25) is 0 Å². The summed E-state index contributed by atoms with van der Waals surface area (Å²) >= 11 is 0. The molecule has 1 rings (SSSR count). The molecule has 1 heterocycles. The van der Waals surface area contributed by atoms with Gasteiger partial charge in [0, 0.05) is 13.1 Å². The number of carboxylic acids is 1. The number of nitrogens with zero attached hydrogens (tertiary/aromatic N) is 1. The van der Waals surface area contributed by atoms with Crippen LogP contribution in [-0.4, -0.2) is 54.9 Å². The number of rotatable bonds is 0. The molecule has 0 aromatic heterocycles. The van der Waals surface area contributed by atoms with E-state index in [9.17, 15) is 18.0 Å². The first-order valence-electron chi connectivity index (χ1n) is 4.15. The van der Waals surface area contributed by atoms with E-state index in [-0.39, 0.29) is 24.6 Å². The van der Waals surface area contributed by atoms with E-state index >= 15 is 0 Å². The number of hydrogen-bond donors (Lipinski definition) is 1. The lowest BCUT2D eigenvalue weighted by atomic mass is 10.4. The number of carbonyl (C=O) groups is 2. The molecule has 6 nitrogen and oxygen atoms in total. The first-order chi connectivity index (χ1) is 6.42. The Kier molecular flexibility index (Phi) is 3.10. The number of sulfone groups is 1. The lowest BCUT2D eigenvalue weighted by Crippen LogP contribution is -2.38. The maximum absolute atomic E-state index is 11.1. The summed E-state index contributed by atoms with van der Waals surface area (Å²) in [6.07, 6.45) is 0.307. The van der Waals surface area contributed by atoms with Crippen LogP contribution < -0.4 is 0 Å². The van der Waals surface area contributed by atoms with Gasteiger partial charge in [0.05, 0.1) is 11.5 Å². The SMILES string of the molecule is O=C(O)C(=O)N1CCCS(=O)(=O)CC1. The van der Waals surface area contributed by atoms with Gasteiger partial charge in [-0.3, -0.25) is 4.79 Å². The highest BCUT2D eigenvalue weighted by atomic mass is 32.2. The van der Waals surface area contributed by atoms with E-state index in [4.69, 9.17) is 5.11 Å². The minimum absolute atomic E-state index is 0.0204. The molecule has 1 aliphatic rings. The zero-order valence-corrected chi connectivity index (χ0v) is 8.29. The van der Waals surface area contributed by atoms with Crippen LogP contribution in [0.2, 0.25) is 0 Å². The summed E-state index contributed by atoms with van der Waals surface area (Å²) in [5.41, 5.74) is 0. The smallest absolute Gasteiger partial charge is 0.394 e. The fourth-order valence-electron chi connectivity index (χ4n) is 1.28. The third-order valence-electron chi connectivity index (χ3n) is 2.03. The normalized spacial score (nSPS) is 21.3. The highest BCUT2D eigenvalue weighted by Gasteiger charge is 2.25. The van der Waals surface area contributed by atoms with Crippen molar-refractivity contribution in [3.8, 4) is 0 Å². The molecule has 0 unspecified atom stereocenters. The second kappa shape index (κ2) is 3.95. The van der Waals surface area contributed by atoms with Crippen molar-refractivity contribution in [2.24, 2.45) is 0 Å². The standard InChI is InChI=1S/C7H11NO5S/c9-6(7(10)11)8-2-1-4-14(12,13)5-3-8/h1-5H2,(H,10,11). The molecule has 1 amide bonds. The maximum Gasteiger partial charge on any atom is 0.394 e.